The molecule has 1 amide bonds. The van der Waals surface area contributed by atoms with E-state index in [0.717, 1.165) is 31.8 Å². The fraction of sp³-hybridized carbons (Fsp3) is 0.321. The smallest absolute Gasteiger partial charge is 0.247 e. The maximum Gasteiger partial charge on any atom is 0.247 e. The molecule has 0 unspecified atom stereocenters. The van der Waals surface area contributed by atoms with Gasteiger partial charge in [0.05, 0.1) is 30.4 Å². The van der Waals surface area contributed by atoms with Crippen LogP contribution in [-0.2, 0) is 9.36 Å². The number of aromatic nitrogens is 2. The van der Waals surface area contributed by atoms with Gasteiger partial charge in [0.2, 0.25) is 11.9 Å². The molecule has 41 heavy (non-hydrogen) atoms. The summed E-state index contributed by atoms with van der Waals surface area (Å²) >= 11 is 6.41. The van der Waals surface area contributed by atoms with Crippen LogP contribution >= 0.6 is 18.7 Å². The highest BCUT2D eigenvalue weighted by atomic mass is 35.5. The van der Waals surface area contributed by atoms with E-state index in [1.807, 2.05) is 6.07 Å². The highest BCUT2D eigenvalue weighted by molar-refractivity contribution is 7.70. The van der Waals surface area contributed by atoms with E-state index >= 15 is 0 Å². The van der Waals surface area contributed by atoms with E-state index in [-0.39, 0.29) is 28.2 Å². The second kappa shape index (κ2) is 13.3. The second-order valence-electron chi connectivity index (χ2n) is 9.79. The Bertz CT molecular complexity index is 1480. The molecule has 0 spiro atoms. The minimum absolute atomic E-state index is 0.0838. The number of rotatable bonds is 12. The van der Waals surface area contributed by atoms with Gasteiger partial charge in [-0.1, -0.05) is 18.2 Å². The molecule has 1 aliphatic rings. The molecule has 0 aliphatic carbocycles. The van der Waals surface area contributed by atoms with Crippen LogP contribution in [0.4, 0.5) is 33.2 Å². The third-order valence-electron chi connectivity index (χ3n) is 6.40. The molecule has 13 heteroatoms. The summed E-state index contributed by atoms with van der Waals surface area (Å²) in [7, 11) is -1.36. The van der Waals surface area contributed by atoms with Gasteiger partial charge in [0, 0.05) is 17.9 Å². The number of benzene rings is 2. The van der Waals surface area contributed by atoms with Gasteiger partial charge in [0.1, 0.15) is 30.3 Å². The third-order valence-corrected chi connectivity index (χ3v) is 8.21. The first-order chi connectivity index (χ1) is 19.6. The maximum absolute atomic E-state index is 14.5. The molecule has 0 bridgehead atoms. The van der Waals surface area contributed by atoms with Crippen LogP contribution in [0.5, 0.6) is 11.5 Å². The van der Waals surface area contributed by atoms with Gasteiger partial charge >= 0.3 is 0 Å². The summed E-state index contributed by atoms with van der Waals surface area (Å²) in [6, 6.07) is 7.85. The predicted molar refractivity (Wildman–Crippen MR) is 162 cm³/mol. The first-order valence-corrected chi connectivity index (χ1v) is 16.0. The van der Waals surface area contributed by atoms with Gasteiger partial charge < -0.3 is 30.0 Å². The molecule has 0 saturated carbocycles. The molecule has 1 aromatic heterocycles. The van der Waals surface area contributed by atoms with Crippen molar-refractivity contribution in [1.82, 2.24) is 14.9 Å². The van der Waals surface area contributed by atoms with Crippen LogP contribution in [0.25, 0.3) is 0 Å². The Hall–Kier alpha value is -3.66. The van der Waals surface area contributed by atoms with Crippen LogP contribution in [0.3, 0.4) is 0 Å². The molecule has 0 atom stereocenters. The topological polar surface area (TPSA) is 118 Å². The van der Waals surface area contributed by atoms with Gasteiger partial charge in [0.25, 0.3) is 0 Å². The van der Waals surface area contributed by atoms with Crippen LogP contribution in [0.1, 0.15) is 12.8 Å². The Labute approximate surface area is 243 Å². The Morgan fingerprint density at radius 2 is 1.93 bits per heavy atom. The lowest BCUT2D eigenvalue weighted by Crippen LogP contribution is -2.25. The van der Waals surface area contributed by atoms with E-state index in [4.69, 9.17) is 21.1 Å². The highest BCUT2D eigenvalue weighted by Gasteiger charge is 2.20. The number of anilines is 5. The number of carbonyl (C=O) groups is 1. The number of hydrogen-bond acceptors (Lipinski definition) is 9. The molecular formula is C28H33ClFN6O4P. The fourth-order valence-corrected chi connectivity index (χ4v) is 5.60. The molecule has 1 fully saturated rings. The zero-order chi connectivity index (χ0) is 29.6. The second-order valence-corrected chi connectivity index (χ2v) is 13.4. The first-order valence-electron chi connectivity index (χ1n) is 13.0. The van der Waals surface area contributed by atoms with Crippen molar-refractivity contribution in [2.45, 2.75) is 12.8 Å². The molecule has 2 aromatic carbocycles. The molecule has 218 valence electrons. The molecule has 3 N–H and O–H groups in total. The van der Waals surface area contributed by atoms with Gasteiger partial charge in [-0.15, -0.1) is 0 Å². The number of methoxy groups -OCH3 is 1. The van der Waals surface area contributed by atoms with Gasteiger partial charge in [-0.05, 0) is 69.6 Å². The molecule has 4 rings (SSSR count). The van der Waals surface area contributed by atoms with Gasteiger partial charge in [-0.25, -0.2) is 9.37 Å². The minimum Gasteiger partial charge on any atom is -0.494 e. The van der Waals surface area contributed by atoms with Crippen molar-refractivity contribution in [3.8, 4) is 11.5 Å². The normalized spacial score (nSPS) is 13.5. The van der Waals surface area contributed by atoms with E-state index in [9.17, 15) is 13.8 Å². The molecule has 10 nitrogen and oxygen atoms in total. The lowest BCUT2D eigenvalue weighted by Gasteiger charge is -2.19. The lowest BCUT2D eigenvalue weighted by atomic mass is 10.2. The zero-order valence-corrected chi connectivity index (χ0v) is 24.8. The van der Waals surface area contributed by atoms with Crippen molar-refractivity contribution in [3.63, 3.8) is 0 Å². The average molecular weight is 603 g/mol. The predicted octanol–water partition coefficient (Wildman–Crippen LogP) is 5.61. The number of nitrogens with zero attached hydrogens (tertiary/aromatic N) is 3. The number of carbonyl (C=O) groups excluding carboxylic acids is 1. The summed E-state index contributed by atoms with van der Waals surface area (Å²) in [6.45, 7) is 10.3. The van der Waals surface area contributed by atoms with Crippen LogP contribution in [0.2, 0.25) is 5.02 Å². The van der Waals surface area contributed by atoms with Crippen LogP contribution in [0, 0.1) is 5.82 Å². The zero-order valence-electron chi connectivity index (χ0n) is 23.2. The molecule has 2 heterocycles. The van der Waals surface area contributed by atoms with E-state index in [2.05, 4.69) is 37.4 Å². The SMILES string of the molecule is C=CC(=O)Nc1cc(Nc2ncc(Cl)c(Nc3ccc(OCCN4CCCC4)cc3P(C)(C)=O)n2)c(OC)cc1F. The number of likely N-dealkylation sites (tertiary alicyclic amines) is 1. The standard InChI is InChI=1S/C28H33ClFN6O4P/c1-5-26(37)32-22-16-23(24(39-2)15-20(22)30)34-28-31-17-19(29)27(35-28)33-21-9-8-18(14-25(21)41(3,4)38)40-13-12-36-10-6-7-11-36/h5,8-9,14-17H,1,6-7,10-13H2,2-4H3,(H,32,37)(H2,31,33,34,35). The summed E-state index contributed by atoms with van der Waals surface area (Å²) in [5, 5.41) is 9.34. The van der Waals surface area contributed by atoms with Crippen molar-refractivity contribution in [2.75, 3.05) is 62.6 Å². The van der Waals surface area contributed by atoms with E-state index in [1.54, 1.807) is 25.5 Å². The number of ether oxygens (including phenoxy) is 2. The Morgan fingerprint density at radius 1 is 1.17 bits per heavy atom. The van der Waals surface area contributed by atoms with Gasteiger partial charge in [0.15, 0.2) is 11.6 Å². The third kappa shape index (κ3) is 7.97. The minimum atomic E-state index is -2.74. The van der Waals surface area contributed by atoms with E-state index in [1.165, 1.54) is 32.2 Å². The summed E-state index contributed by atoms with van der Waals surface area (Å²) in [5.41, 5.74) is 0.773. The fourth-order valence-electron chi connectivity index (χ4n) is 4.32. The number of hydrogen-bond donors (Lipinski definition) is 3. The summed E-state index contributed by atoms with van der Waals surface area (Å²) in [5.74, 6) is -0.107. The summed E-state index contributed by atoms with van der Waals surface area (Å²) in [4.78, 5) is 22.7. The van der Waals surface area contributed by atoms with Crippen molar-refractivity contribution in [3.05, 3.63) is 60.0 Å². The van der Waals surface area contributed by atoms with E-state index in [0.29, 0.717) is 29.0 Å². The largest absolute Gasteiger partial charge is 0.494 e. The summed E-state index contributed by atoms with van der Waals surface area (Å²) < 4.78 is 38.9. The molecule has 1 aliphatic heterocycles. The Morgan fingerprint density at radius 3 is 2.61 bits per heavy atom. The number of halogens is 2. The monoisotopic (exact) mass is 602 g/mol. The van der Waals surface area contributed by atoms with Crippen molar-refractivity contribution >= 4 is 58.8 Å². The van der Waals surface area contributed by atoms with Crippen molar-refractivity contribution < 1.29 is 23.2 Å². The molecule has 3 aromatic rings. The van der Waals surface area contributed by atoms with Crippen LogP contribution in [-0.4, -0.2) is 67.5 Å². The van der Waals surface area contributed by atoms with Gasteiger partial charge in [-0.2, -0.15) is 4.98 Å². The average Bonchev–Trinajstić information content (AvgIpc) is 3.45. The first kappa shape index (κ1) is 30.3. The van der Waals surface area contributed by atoms with Crippen LogP contribution in [0.15, 0.2) is 49.2 Å². The highest BCUT2D eigenvalue weighted by Crippen LogP contribution is 2.40. The van der Waals surface area contributed by atoms with Crippen LogP contribution < -0.4 is 30.7 Å². The Kier molecular flexibility index (Phi) is 9.86. The maximum atomic E-state index is 14.5. The Balaban J connectivity index is 1.56. The number of nitrogens with one attached hydrogen (secondary N) is 3. The molecular weight excluding hydrogens is 570 g/mol. The molecule has 0 radical (unpaired) electrons. The van der Waals surface area contributed by atoms with Gasteiger partial charge in [-0.3, -0.25) is 9.69 Å². The quantitative estimate of drug-likeness (QED) is 0.179. The van der Waals surface area contributed by atoms with Crippen molar-refractivity contribution in [2.24, 2.45) is 0 Å². The molecule has 1 saturated heterocycles. The lowest BCUT2D eigenvalue weighted by molar-refractivity contribution is -0.111. The number of amides is 1. The van der Waals surface area contributed by atoms with Crippen molar-refractivity contribution in [1.29, 1.82) is 0 Å². The van der Waals surface area contributed by atoms with E-state index < -0.39 is 18.9 Å². The summed E-state index contributed by atoms with van der Waals surface area (Å²) in [6.07, 6.45) is 4.86.